The van der Waals surface area contributed by atoms with Crippen molar-refractivity contribution in [3.63, 3.8) is 0 Å². The molecule has 0 bridgehead atoms. The molecular weight excluding hydrogens is 393 g/mol. The van der Waals surface area contributed by atoms with Crippen molar-refractivity contribution in [1.29, 1.82) is 0 Å². The van der Waals surface area contributed by atoms with E-state index in [0.29, 0.717) is 25.1 Å². The third-order valence-corrected chi connectivity index (χ3v) is 5.73. The van der Waals surface area contributed by atoms with Gasteiger partial charge in [-0.15, -0.1) is 0 Å². The minimum Gasteiger partial charge on any atom is -0.342 e. The molecule has 0 aliphatic carbocycles. The van der Waals surface area contributed by atoms with Crippen LogP contribution >= 0.6 is 0 Å². The van der Waals surface area contributed by atoms with Gasteiger partial charge in [0.25, 0.3) is 0 Å². The zero-order chi connectivity index (χ0) is 21.8. The molecule has 1 aliphatic heterocycles. The molecule has 1 unspecified atom stereocenters. The van der Waals surface area contributed by atoms with Crippen LogP contribution in [-0.2, 0) is 22.4 Å². The summed E-state index contributed by atoms with van der Waals surface area (Å²) in [4.78, 5) is 33.2. The van der Waals surface area contributed by atoms with Gasteiger partial charge in [0.2, 0.25) is 11.8 Å². The van der Waals surface area contributed by atoms with Crippen LogP contribution in [-0.4, -0.2) is 52.8 Å². The van der Waals surface area contributed by atoms with Crippen molar-refractivity contribution >= 4 is 11.8 Å². The summed E-state index contributed by atoms with van der Waals surface area (Å²) in [7, 11) is 1.75. The summed E-state index contributed by atoms with van der Waals surface area (Å²) < 4.78 is 14.0. The highest BCUT2D eigenvalue weighted by atomic mass is 19.1. The number of amides is 2. The second-order valence-corrected chi connectivity index (χ2v) is 7.77. The third-order valence-electron chi connectivity index (χ3n) is 5.73. The maximum Gasteiger partial charge on any atom is 0.245 e. The lowest BCUT2D eigenvalue weighted by molar-refractivity contribution is -0.149. The van der Waals surface area contributed by atoms with Crippen molar-refractivity contribution < 1.29 is 14.0 Å². The predicted molar refractivity (Wildman–Crippen MR) is 117 cm³/mol. The Morgan fingerprint density at radius 2 is 1.68 bits per heavy atom. The van der Waals surface area contributed by atoms with Gasteiger partial charge in [0.05, 0.1) is 6.42 Å². The van der Waals surface area contributed by atoms with E-state index in [-0.39, 0.29) is 18.2 Å². The van der Waals surface area contributed by atoms with Gasteiger partial charge in [-0.1, -0.05) is 42.5 Å². The zero-order valence-electron chi connectivity index (χ0n) is 17.4. The molecule has 2 amide bonds. The minimum absolute atomic E-state index is 0.0544. The van der Waals surface area contributed by atoms with E-state index in [9.17, 15) is 14.0 Å². The van der Waals surface area contributed by atoms with Gasteiger partial charge in [-0.3, -0.25) is 14.6 Å². The fraction of sp³-hybridized carbons (Fsp3) is 0.240. The van der Waals surface area contributed by atoms with Crippen LogP contribution in [0.3, 0.4) is 0 Å². The molecule has 1 atom stereocenters. The minimum atomic E-state index is -0.593. The lowest BCUT2D eigenvalue weighted by atomic mass is 9.98. The molecule has 4 rings (SSSR count). The highest BCUT2D eigenvalue weighted by Gasteiger charge is 2.36. The standard InChI is InChI=1S/C25H24FN3O2/c1-28-14-15-29(24(30)17-21-4-2-3-5-22(21)26)23(25(28)31)16-18-6-8-19(9-7-18)20-10-12-27-13-11-20/h2-13,23H,14-17H2,1H3. The number of piperazine rings is 1. The molecule has 0 N–H and O–H groups in total. The normalized spacial score (nSPS) is 16.5. The van der Waals surface area contributed by atoms with Crippen molar-refractivity contribution in [1.82, 2.24) is 14.8 Å². The van der Waals surface area contributed by atoms with Crippen LogP contribution in [0.4, 0.5) is 4.39 Å². The van der Waals surface area contributed by atoms with Crippen LogP contribution in [0.15, 0.2) is 73.1 Å². The largest absolute Gasteiger partial charge is 0.342 e. The van der Waals surface area contributed by atoms with Crippen molar-refractivity contribution in [2.24, 2.45) is 0 Å². The summed E-state index contributed by atoms with van der Waals surface area (Å²) in [6.45, 7) is 0.911. The maximum atomic E-state index is 14.0. The Hall–Kier alpha value is -3.54. The molecule has 3 aromatic rings. The number of carbonyl (C=O) groups excluding carboxylic acids is 2. The first-order valence-corrected chi connectivity index (χ1v) is 10.3. The van der Waals surface area contributed by atoms with Crippen LogP contribution in [0.2, 0.25) is 0 Å². The van der Waals surface area contributed by atoms with Crippen LogP contribution in [0, 0.1) is 5.82 Å². The summed E-state index contributed by atoms with van der Waals surface area (Å²) >= 11 is 0. The monoisotopic (exact) mass is 417 g/mol. The van der Waals surface area contributed by atoms with Gasteiger partial charge in [0.1, 0.15) is 11.9 Å². The molecular formula is C25H24FN3O2. The quantitative estimate of drug-likeness (QED) is 0.640. The molecule has 6 heteroatoms. The fourth-order valence-electron chi connectivity index (χ4n) is 3.91. The Balaban J connectivity index is 1.52. The SMILES string of the molecule is CN1CCN(C(=O)Cc2ccccc2F)C(Cc2ccc(-c3ccncc3)cc2)C1=O. The molecule has 0 spiro atoms. The van der Waals surface area contributed by atoms with Gasteiger partial charge in [-0.2, -0.15) is 0 Å². The number of benzene rings is 2. The molecule has 2 heterocycles. The molecule has 158 valence electrons. The molecule has 2 aromatic carbocycles. The first-order chi connectivity index (χ1) is 15.0. The van der Waals surface area contributed by atoms with E-state index in [4.69, 9.17) is 0 Å². The molecule has 1 aliphatic rings. The number of hydrogen-bond donors (Lipinski definition) is 0. The Bertz CT molecular complexity index is 1070. The van der Waals surface area contributed by atoms with Gasteiger partial charge >= 0.3 is 0 Å². The molecule has 1 fully saturated rings. The fourth-order valence-corrected chi connectivity index (χ4v) is 3.91. The number of nitrogens with zero attached hydrogens (tertiary/aromatic N) is 3. The van der Waals surface area contributed by atoms with Crippen molar-refractivity contribution in [2.75, 3.05) is 20.1 Å². The summed E-state index contributed by atoms with van der Waals surface area (Å²) in [5.41, 5.74) is 3.44. The topological polar surface area (TPSA) is 53.5 Å². The summed E-state index contributed by atoms with van der Waals surface area (Å²) in [5.74, 6) is -0.726. The van der Waals surface area contributed by atoms with E-state index in [2.05, 4.69) is 4.98 Å². The molecule has 0 saturated carbocycles. The number of carbonyl (C=O) groups is 2. The van der Waals surface area contributed by atoms with E-state index in [1.807, 2.05) is 36.4 Å². The lowest BCUT2D eigenvalue weighted by Crippen LogP contribution is -2.58. The number of likely N-dealkylation sites (N-methyl/N-ethyl adjacent to an activating group) is 1. The molecule has 1 saturated heterocycles. The van der Waals surface area contributed by atoms with E-state index >= 15 is 0 Å². The van der Waals surface area contributed by atoms with E-state index < -0.39 is 11.9 Å². The van der Waals surface area contributed by atoms with Gasteiger partial charge in [-0.05, 0) is 40.5 Å². The highest BCUT2D eigenvalue weighted by Crippen LogP contribution is 2.22. The van der Waals surface area contributed by atoms with Crippen LogP contribution in [0.5, 0.6) is 0 Å². The zero-order valence-corrected chi connectivity index (χ0v) is 17.4. The van der Waals surface area contributed by atoms with Gasteiger partial charge in [0.15, 0.2) is 0 Å². The molecule has 1 aromatic heterocycles. The summed E-state index contributed by atoms with van der Waals surface area (Å²) in [6.07, 6.45) is 3.86. The van der Waals surface area contributed by atoms with Crippen molar-refractivity contribution in [3.05, 3.63) is 90.0 Å². The molecule has 5 nitrogen and oxygen atoms in total. The number of halogens is 1. The van der Waals surface area contributed by atoms with Gasteiger partial charge in [0, 0.05) is 39.0 Å². The van der Waals surface area contributed by atoms with Gasteiger partial charge < -0.3 is 9.80 Å². The number of aromatic nitrogens is 1. The summed E-state index contributed by atoms with van der Waals surface area (Å²) in [6, 6.07) is 17.5. The number of rotatable bonds is 5. The second-order valence-electron chi connectivity index (χ2n) is 7.77. The van der Waals surface area contributed by atoms with Crippen LogP contribution in [0.1, 0.15) is 11.1 Å². The second kappa shape index (κ2) is 9.08. The maximum absolute atomic E-state index is 14.0. The summed E-state index contributed by atoms with van der Waals surface area (Å²) in [5, 5.41) is 0. The average molecular weight is 417 g/mol. The van der Waals surface area contributed by atoms with Crippen molar-refractivity contribution in [3.8, 4) is 11.1 Å². The Morgan fingerprint density at radius 3 is 2.39 bits per heavy atom. The van der Waals surface area contributed by atoms with E-state index in [1.54, 1.807) is 47.4 Å². The van der Waals surface area contributed by atoms with Gasteiger partial charge in [-0.25, -0.2) is 4.39 Å². The van der Waals surface area contributed by atoms with Crippen LogP contribution < -0.4 is 0 Å². The first-order valence-electron chi connectivity index (χ1n) is 10.3. The number of pyridine rings is 1. The van der Waals surface area contributed by atoms with E-state index in [1.165, 1.54) is 6.07 Å². The highest BCUT2D eigenvalue weighted by molar-refractivity contribution is 5.89. The third kappa shape index (κ3) is 4.63. The van der Waals surface area contributed by atoms with E-state index in [0.717, 1.165) is 16.7 Å². The Morgan fingerprint density at radius 1 is 1.00 bits per heavy atom. The molecule has 0 radical (unpaired) electrons. The molecule has 31 heavy (non-hydrogen) atoms. The van der Waals surface area contributed by atoms with Crippen molar-refractivity contribution in [2.45, 2.75) is 18.9 Å². The first kappa shape index (κ1) is 20.7. The average Bonchev–Trinajstić information content (AvgIpc) is 2.79. The Kier molecular flexibility index (Phi) is 6.07. The Labute approximate surface area is 181 Å². The van der Waals surface area contributed by atoms with Crippen LogP contribution in [0.25, 0.3) is 11.1 Å². The lowest BCUT2D eigenvalue weighted by Gasteiger charge is -2.39. The smallest absolute Gasteiger partial charge is 0.245 e. The predicted octanol–water partition coefficient (Wildman–Crippen LogP) is 3.34. The number of hydrogen-bond acceptors (Lipinski definition) is 3.